The largest absolute Gasteiger partial charge is 0.322 e. The van der Waals surface area contributed by atoms with Crippen LogP contribution in [-0.4, -0.2) is 9.13 Å². The number of rotatable bonds is 4. The normalized spacial score (nSPS) is 12.1. The van der Waals surface area contributed by atoms with Crippen molar-refractivity contribution in [3.05, 3.63) is 80.4 Å². The van der Waals surface area contributed by atoms with Crippen molar-refractivity contribution in [2.45, 2.75) is 26.8 Å². The number of hydrogen-bond donors (Lipinski definition) is 1. The van der Waals surface area contributed by atoms with Crippen LogP contribution < -0.4 is 22.3 Å². The SMILES string of the molecule is CC(C)CCn1c(=O)c(=NN)c(=O)n(-c2ccccc2)c2ccc(F)cc21. The van der Waals surface area contributed by atoms with Crippen LogP contribution in [0.4, 0.5) is 4.39 Å². The van der Waals surface area contributed by atoms with Gasteiger partial charge in [-0.25, -0.2) is 4.39 Å². The summed E-state index contributed by atoms with van der Waals surface area (Å²) in [5, 5.41) is 3.08. The van der Waals surface area contributed by atoms with Gasteiger partial charge in [-0.05, 0) is 42.7 Å². The highest BCUT2D eigenvalue weighted by molar-refractivity contribution is 5.76. The van der Waals surface area contributed by atoms with Crippen LogP contribution in [0.3, 0.4) is 0 Å². The maximum Gasteiger partial charge on any atom is 0.289 e. The van der Waals surface area contributed by atoms with Gasteiger partial charge < -0.3 is 10.4 Å². The van der Waals surface area contributed by atoms with Crippen LogP contribution in [0.1, 0.15) is 20.3 Å². The van der Waals surface area contributed by atoms with E-state index in [9.17, 15) is 14.0 Å². The fourth-order valence-corrected chi connectivity index (χ4v) is 3.00. The molecule has 3 rings (SSSR count). The van der Waals surface area contributed by atoms with E-state index in [1.165, 1.54) is 27.3 Å². The third-order valence-corrected chi connectivity index (χ3v) is 4.40. The topological polar surface area (TPSA) is 82.4 Å². The molecule has 0 unspecified atom stereocenters. The fraction of sp³-hybridized carbons (Fsp3) is 0.250. The second-order valence-electron chi connectivity index (χ2n) is 6.73. The van der Waals surface area contributed by atoms with E-state index in [1.54, 1.807) is 24.3 Å². The van der Waals surface area contributed by atoms with Gasteiger partial charge >= 0.3 is 0 Å². The zero-order valence-corrected chi connectivity index (χ0v) is 15.2. The van der Waals surface area contributed by atoms with Crippen molar-refractivity contribution in [3.8, 4) is 5.69 Å². The number of hydrogen-bond acceptors (Lipinski definition) is 4. The molecule has 0 atom stereocenters. The monoisotopic (exact) mass is 368 g/mol. The van der Waals surface area contributed by atoms with E-state index in [0.29, 0.717) is 35.6 Å². The Kier molecular flexibility index (Phi) is 5.21. The second-order valence-corrected chi connectivity index (χ2v) is 6.73. The number of aryl methyl sites for hydroxylation is 1. The van der Waals surface area contributed by atoms with Gasteiger partial charge in [-0.3, -0.25) is 14.2 Å². The zero-order chi connectivity index (χ0) is 19.6. The summed E-state index contributed by atoms with van der Waals surface area (Å²) >= 11 is 0. The van der Waals surface area contributed by atoms with Crippen LogP contribution in [0.2, 0.25) is 0 Å². The van der Waals surface area contributed by atoms with Gasteiger partial charge in [0.15, 0.2) is 0 Å². The number of nitrogens with two attached hydrogens (primary N) is 1. The molecule has 6 nitrogen and oxygen atoms in total. The number of aromatic nitrogens is 2. The van der Waals surface area contributed by atoms with Gasteiger partial charge in [-0.15, -0.1) is 0 Å². The van der Waals surface area contributed by atoms with E-state index in [-0.39, 0.29) is 5.36 Å². The Balaban J connectivity index is 2.57. The minimum Gasteiger partial charge on any atom is -0.322 e. The Morgan fingerprint density at radius 3 is 2.37 bits per heavy atom. The minimum atomic E-state index is -0.645. The van der Waals surface area contributed by atoms with Gasteiger partial charge in [-0.2, -0.15) is 5.10 Å². The van der Waals surface area contributed by atoms with Crippen molar-refractivity contribution in [1.29, 1.82) is 0 Å². The van der Waals surface area contributed by atoms with Gasteiger partial charge in [0, 0.05) is 12.2 Å². The van der Waals surface area contributed by atoms with Crippen molar-refractivity contribution in [2.75, 3.05) is 0 Å². The van der Waals surface area contributed by atoms with Crippen LogP contribution in [0.25, 0.3) is 16.7 Å². The smallest absolute Gasteiger partial charge is 0.289 e. The molecule has 0 spiro atoms. The summed E-state index contributed by atoms with van der Waals surface area (Å²) in [5.74, 6) is 5.22. The number of fused-ring (bicyclic) bond motifs is 1. The van der Waals surface area contributed by atoms with Crippen LogP contribution in [0.5, 0.6) is 0 Å². The summed E-state index contributed by atoms with van der Waals surface area (Å²) in [7, 11) is 0. The van der Waals surface area contributed by atoms with E-state index < -0.39 is 16.9 Å². The van der Waals surface area contributed by atoms with Crippen molar-refractivity contribution in [3.63, 3.8) is 0 Å². The highest BCUT2D eigenvalue weighted by Gasteiger charge is 2.14. The van der Waals surface area contributed by atoms with Crippen LogP contribution in [-0.2, 0) is 6.54 Å². The predicted molar refractivity (Wildman–Crippen MR) is 103 cm³/mol. The molecule has 0 saturated carbocycles. The summed E-state index contributed by atoms with van der Waals surface area (Å²) in [6.07, 6.45) is 0.680. The van der Waals surface area contributed by atoms with Crippen LogP contribution >= 0.6 is 0 Å². The molecule has 0 aliphatic rings. The lowest BCUT2D eigenvalue weighted by Gasteiger charge is -2.11. The van der Waals surface area contributed by atoms with Gasteiger partial charge in [-0.1, -0.05) is 32.0 Å². The third kappa shape index (κ3) is 3.53. The molecule has 0 aliphatic carbocycles. The lowest BCUT2D eigenvalue weighted by atomic mass is 10.1. The summed E-state index contributed by atoms with van der Waals surface area (Å²) in [5.41, 5.74) is -0.0167. The van der Waals surface area contributed by atoms with E-state index in [2.05, 4.69) is 5.10 Å². The van der Waals surface area contributed by atoms with E-state index in [4.69, 9.17) is 5.84 Å². The molecule has 27 heavy (non-hydrogen) atoms. The van der Waals surface area contributed by atoms with Crippen molar-refractivity contribution < 1.29 is 4.39 Å². The van der Waals surface area contributed by atoms with Gasteiger partial charge in [0.2, 0.25) is 5.36 Å². The first-order chi connectivity index (χ1) is 12.9. The van der Waals surface area contributed by atoms with Crippen LogP contribution in [0, 0.1) is 11.7 Å². The Hall–Kier alpha value is -3.22. The molecular weight excluding hydrogens is 347 g/mol. The van der Waals surface area contributed by atoms with Gasteiger partial charge in [0.05, 0.1) is 11.0 Å². The number of nitrogens with zero attached hydrogens (tertiary/aromatic N) is 3. The summed E-state index contributed by atoms with van der Waals surface area (Å²) in [4.78, 5) is 26.1. The summed E-state index contributed by atoms with van der Waals surface area (Å²) in [6.45, 7) is 4.37. The van der Waals surface area contributed by atoms with Crippen molar-refractivity contribution in [1.82, 2.24) is 9.13 Å². The fourth-order valence-electron chi connectivity index (χ4n) is 3.00. The molecule has 0 radical (unpaired) electrons. The third-order valence-electron chi connectivity index (χ3n) is 4.40. The van der Waals surface area contributed by atoms with Crippen LogP contribution in [0.15, 0.2) is 63.2 Å². The van der Waals surface area contributed by atoms with Gasteiger partial charge in [0.1, 0.15) is 5.82 Å². The molecular formula is C20H21FN4O2. The zero-order valence-electron chi connectivity index (χ0n) is 15.2. The molecule has 2 aromatic carbocycles. The molecule has 0 saturated heterocycles. The summed E-state index contributed by atoms with van der Waals surface area (Å²) in [6, 6.07) is 12.8. The van der Waals surface area contributed by atoms with E-state index >= 15 is 0 Å². The molecule has 0 bridgehead atoms. The quantitative estimate of drug-likeness (QED) is 0.566. The Morgan fingerprint density at radius 2 is 1.74 bits per heavy atom. The Labute approximate surface area is 155 Å². The maximum absolute atomic E-state index is 14.0. The molecule has 0 aliphatic heterocycles. The van der Waals surface area contributed by atoms with Crippen molar-refractivity contribution >= 4 is 11.0 Å². The lowest BCUT2D eigenvalue weighted by Crippen LogP contribution is -2.45. The summed E-state index contributed by atoms with van der Waals surface area (Å²) < 4.78 is 16.8. The molecule has 7 heteroatoms. The van der Waals surface area contributed by atoms with E-state index in [0.717, 1.165) is 0 Å². The lowest BCUT2D eigenvalue weighted by molar-refractivity contribution is 0.515. The second kappa shape index (κ2) is 7.57. The predicted octanol–water partition coefficient (Wildman–Crippen LogP) is 2.11. The molecule has 2 N–H and O–H groups in total. The average Bonchev–Trinajstić information content (AvgIpc) is 2.72. The molecule has 140 valence electrons. The van der Waals surface area contributed by atoms with E-state index in [1.807, 2.05) is 19.9 Å². The molecule has 1 heterocycles. The number of benzene rings is 2. The number of para-hydroxylation sites is 1. The molecule has 3 aromatic rings. The maximum atomic E-state index is 14.0. The Bertz CT molecular complexity index is 1160. The Morgan fingerprint density at radius 1 is 1.04 bits per heavy atom. The molecule has 1 aromatic heterocycles. The average molecular weight is 368 g/mol. The van der Waals surface area contributed by atoms with Gasteiger partial charge in [0.25, 0.3) is 11.1 Å². The number of halogens is 1. The highest BCUT2D eigenvalue weighted by Crippen LogP contribution is 2.17. The first kappa shape index (κ1) is 18.6. The standard InChI is InChI=1S/C20H21FN4O2/c1-13(2)10-11-24-17-12-14(21)8-9-16(17)25(15-6-4-3-5-7-15)20(27)18(23-22)19(24)26/h3-9,12-13H,10-11,22H2,1-2H3. The minimum absolute atomic E-state index is 0.316. The molecule has 0 amide bonds. The highest BCUT2D eigenvalue weighted by atomic mass is 19.1. The first-order valence-electron chi connectivity index (χ1n) is 8.72. The molecule has 0 fully saturated rings. The van der Waals surface area contributed by atoms with Crippen molar-refractivity contribution in [2.24, 2.45) is 16.9 Å². The first-order valence-corrected chi connectivity index (χ1v) is 8.72.